The maximum atomic E-state index is 12.0. The van der Waals surface area contributed by atoms with Crippen molar-refractivity contribution in [1.82, 2.24) is 9.78 Å². The van der Waals surface area contributed by atoms with Crippen molar-refractivity contribution in [2.24, 2.45) is 0 Å². The largest absolute Gasteiger partial charge is 0.326 e. The summed E-state index contributed by atoms with van der Waals surface area (Å²) in [5.41, 5.74) is 3.93. The van der Waals surface area contributed by atoms with Gasteiger partial charge in [0, 0.05) is 12.1 Å². The molecular weight excluding hydrogens is 274 g/mol. The van der Waals surface area contributed by atoms with Crippen molar-refractivity contribution in [3.05, 3.63) is 46.2 Å². The molecule has 0 bridgehead atoms. The maximum Gasteiger partial charge on any atom is 0.226 e. The minimum Gasteiger partial charge on any atom is -0.326 e. The molecule has 1 aromatic carbocycles. The Kier molecular flexibility index (Phi) is 4.45. The lowest BCUT2D eigenvalue weighted by molar-refractivity contribution is -0.116. The van der Waals surface area contributed by atoms with E-state index in [0.717, 1.165) is 22.5 Å². The van der Waals surface area contributed by atoms with E-state index in [4.69, 9.17) is 11.6 Å². The number of aryl methyl sites for hydroxylation is 3. The topological polar surface area (TPSA) is 46.9 Å². The predicted molar refractivity (Wildman–Crippen MR) is 81.1 cm³/mol. The van der Waals surface area contributed by atoms with E-state index in [1.807, 2.05) is 39.0 Å². The van der Waals surface area contributed by atoms with Gasteiger partial charge in [-0.25, -0.2) is 0 Å². The molecule has 0 radical (unpaired) electrons. The zero-order valence-corrected chi connectivity index (χ0v) is 12.7. The molecule has 4 nitrogen and oxygen atoms in total. The molecule has 20 heavy (non-hydrogen) atoms. The molecule has 0 atom stereocenters. The highest BCUT2D eigenvalue weighted by molar-refractivity contribution is 6.31. The highest BCUT2D eigenvalue weighted by atomic mass is 35.5. The first-order chi connectivity index (χ1) is 9.47. The molecule has 0 aliphatic rings. The van der Waals surface area contributed by atoms with E-state index in [0.29, 0.717) is 18.0 Å². The Hall–Kier alpha value is -1.81. The third-order valence-corrected chi connectivity index (χ3v) is 3.63. The minimum atomic E-state index is -0.0234. The molecule has 1 heterocycles. The molecule has 0 unspecified atom stereocenters. The number of carbonyl (C=O) groups is 1. The maximum absolute atomic E-state index is 12.0. The minimum absolute atomic E-state index is 0.0234. The standard InChI is InChI=1S/C15H18ClN3O/c1-10-4-5-11(2)14(8-10)18-15(20)6-7-19-12(3)13(16)9-17-19/h4-5,8-9H,6-7H2,1-3H3,(H,18,20). The number of halogens is 1. The molecular formula is C15H18ClN3O. The summed E-state index contributed by atoms with van der Waals surface area (Å²) in [7, 11) is 0. The predicted octanol–water partition coefficient (Wildman–Crippen LogP) is 3.49. The molecule has 0 aliphatic heterocycles. The quantitative estimate of drug-likeness (QED) is 0.937. The number of hydrogen-bond donors (Lipinski definition) is 1. The molecule has 1 aromatic heterocycles. The van der Waals surface area contributed by atoms with Crippen molar-refractivity contribution in [3.8, 4) is 0 Å². The Bertz CT molecular complexity index is 634. The van der Waals surface area contributed by atoms with E-state index in [-0.39, 0.29) is 5.91 Å². The van der Waals surface area contributed by atoms with E-state index >= 15 is 0 Å². The van der Waals surface area contributed by atoms with Crippen LogP contribution in [0.25, 0.3) is 0 Å². The van der Waals surface area contributed by atoms with Crippen LogP contribution >= 0.6 is 11.6 Å². The Labute approximate surface area is 123 Å². The van der Waals surface area contributed by atoms with Gasteiger partial charge in [0.1, 0.15) is 0 Å². The Balaban J connectivity index is 1.96. The van der Waals surface area contributed by atoms with Crippen molar-refractivity contribution >= 4 is 23.2 Å². The number of nitrogens with one attached hydrogen (secondary N) is 1. The first-order valence-electron chi connectivity index (χ1n) is 6.52. The van der Waals surface area contributed by atoms with Crippen LogP contribution < -0.4 is 5.32 Å². The summed E-state index contributed by atoms with van der Waals surface area (Å²) < 4.78 is 1.74. The Morgan fingerprint density at radius 1 is 1.35 bits per heavy atom. The molecule has 0 fully saturated rings. The Morgan fingerprint density at radius 3 is 2.75 bits per heavy atom. The van der Waals surface area contributed by atoms with Crippen molar-refractivity contribution in [2.75, 3.05) is 5.32 Å². The van der Waals surface area contributed by atoms with Gasteiger partial charge >= 0.3 is 0 Å². The summed E-state index contributed by atoms with van der Waals surface area (Å²) in [6.45, 7) is 6.39. The second-order valence-electron chi connectivity index (χ2n) is 4.92. The third-order valence-electron chi connectivity index (χ3n) is 3.26. The van der Waals surface area contributed by atoms with Gasteiger partial charge < -0.3 is 5.32 Å². The number of rotatable bonds is 4. The Morgan fingerprint density at radius 2 is 2.10 bits per heavy atom. The van der Waals surface area contributed by atoms with Crippen LogP contribution in [0.5, 0.6) is 0 Å². The van der Waals surface area contributed by atoms with Crippen molar-refractivity contribution in [1.29, 1.82) is 0 Å². The fourth-order valence-electron chi connectivity index (χ4n) is 1.94. The molecule has 106 valence electrons. The molecule has 2 rings (SSSR count). The number of nitrogens with zero attached hydrogens (tertiary/aromatic N) is 2. The van der Waals surface area contributed by atoms with Gasteiger partial charge in [0.2, 0.25) is 5.91 Å². The number of anilines is 1. The van der Waals surface area contributed by atoms with E-state index in [9.17, 15) is 4.79 Å². The van der Waals surface area contributed by atoms with Crippen LogP contribution in [0.3, 0.4) is 0 Å². The van der Waals surface area contributed by atoms with Crippen LogP contribution in [0.4, 0.5) is 5.69 Å². The van der Waals surface area contributed by atoms with Gasteiger partial charge in [-0.2, -0.15) is 5.10 Å². The number of hydrogen-bond acceptors (Lipinski definition) is 2. The molecule has 1 N–H and O–H groups in total. The monoisotopic (exact) mass is 291 g/mol. The normalized spacial score (nSPS) is 10.6. The molecule has 0 aliphatic carbocycles. The highest BCUT2D eigenvalue weighted by Gasteiger charge is 2.08. The van der Waals surface area contributed by atoms with Crippen LogP contribution in [0, 0.1) is 20.8 Å². The van der Waals surface area contributed by atoms with Gasteiger partial charge in [-0.1, -0.05) is 23.7 Å². The zero-order valence-electron chi connectivity index (χ0n) is 11.9. The van der Waals surface area contributed by atoms with Gasteiger partial charge in [0.05, 0.1) is 23.5 Å². The number of benzene rings is 1. The summed E-state index contributed by atoms with van der Waals surface area (Å²) in [5, 5.41) is 7.69. The number of amides is 1. The van der Waals surface area contributed by atoms with Crippen LogP contribution in [0.15, 0.2) is 24.4 Å². The summed E-state index contributed by atoms with van der Waals surface area (Å²) in [6, 6.07) is 6.01. The molecule has 0 spiro atoms. The van der Waals surface area contributed by atoms with E-state index in [1.165, 1.54) is 0 Å². The average molecular weight is 292 g/mol. The first-order valence-corrected chi connectivity index (χ1v) is 6.90. The van der Waals surface area contributed by atoms with Crippen LogP contribution in [-0.4, -0.2) is 15.7 Å². The van der Waals surface area contributed by atoms with Crippen LogP contribution in [0.2, 0.25) is 5.02 Å². The summed E-state index contributed by atoms with van der Waals surface area (Å²) in [5.74, 6) is -0.0234. The number of aromatic nitrogens is 2. The van der Waals surface area contributed by atoms with Gasteiger partial charge in [-0.3, -0.25) is 9.48 Å². The fourth-order valence-corrected chi connectivity index (χ4v) is 2.08. The molecule has 5 heteroatoms. The number of carbonyl (C=O) groups excluding carboxylic acids is 1. The summed E-state index contributed by atoms with van der Waals surface area (Å²) in [6.07, 6.45) is 1.96. The van der Waals surface area contributed by atoms with Gasteiger partial charge in [0.25, 0.3) is 0 Å². The lowest BCUT2D eigenvalue weighted by Gasteiger charge is -2.10. The van der Waals surface area contributed by atoms with Gasteiger partial charge in [-0.05, 0) is 38.0 Å². The van der Waals surface area contributed by atoms with Crippen LogP contribution in [0.1, 0.15) is 23.2 Å². The SMILES string of the molecule is Cc1ccc(C)c(NC(=O)CCn2ncc(Cl)c2C)c1. The summed E-state index contributed by atoms with van der Waals surface area (Å²) in [4.78, 5) is 12.0. The highest BCUT2D eigenvalue weighted by Crippen LogP contribution is 2.17. The smallest absolute Gasteiger partial charge is 0.226 e. The zero-order chi connectivity index (χ0) is 14.7. The van der Waals surface area contributed by atoms with E-state index in [2.05, 4.69) is 10.4 Å². The van der Waals surface area contributed by atoms with Crippen molar-refractivity contribution in [2.45, 2.75) is 33.7 Å². The van der Waals surface area contributed by atoms with Gasteiger partial charge in [-0.15, -0.1) is 0 Å². The second-order valence-corrected chi connectivity index (χ2v) is 5.32. The van der Waals surface area contributed by atoms with E-state index < -0.39 is 0 Å². The fraction of sp³-hybridized carbons (Fsp3) is 0.333. The molecule has 0 saturated heterocycles. The van der Waals surface area contributed by atoms with Crippen molar-refractivity contribution < 1.29 is 4.79 Å². The lowest BCUT2D eigenvalue weighted by atomic mass is 10.1. The second kappa shape index (κ2) is 6.09. The van der Waals surface area contributed by atoms with Gasteiger partial charge in [0.15, 0.2) is 0 Å². The summed E-state index contributed by atoms with van der Waals surface area (Å²) >= 11 is 5.93. The lowest BCUT2D eigenvalue weighted by Crippen LogP contribution is -2.16. The molecule has 1 amide bonds. The first kappa shape index (κ1) is 14.6. The van der Waals surface area contributed by atoms with Crippen LogP contribution in [-0.2, 0) is 11.3 Å². The molecule has 2 aromatic rings. The van der Waals surface area contributed by atoms with E-state index in [1.54, 1.807) is 10.9 Å². The third kappa shape index (κ3) is 3.39. The molecule has 0 saturated carbocycles. The van der Waals surface area contributed by atoms with Crippen molar-refractivity contribution in [3.63, 3.8) is 0 Å². The average Bonchev–Trinajstić information content (AvgIpc) is 2.72.